The molecule has 2 aliphatic rings. The van der Waals surface area contributed by atoms with Gasteiger partial charge in [0.2, 0.25) is 16.1 Å². The Hall–Kier alpha value is -3.61. The number of anilines is 1. The summed E-state index contributed by atoms with van der Waals surface area (Å²) in [5, 5.41) is 0. The lowest BCUT2D eigenvalue weighted by Gasteiger charge is -2.45. The number of methoxy groups -OCH3 is 2. The first-order valence-electron chi connectivity index (χ1n) is 18.0. The molecule has 2 aliphatic heterocycles. The minimum absolute atomic E-state index is 0.130. The monoisotopic (exact) mass is 735 g/mol. The van der Waals surface area contributed by atoms with E-state index in [4.69, 9.17) is 23.7 Å². The molecule has 0 aromatic heterocycles. The predicted octanol–water partition coefficient (Wildman–Crippen LogP) is 6.03. The molecule has 0 spiro atoms. The number of piperidine rings is 1. The first kappa shape index (κ1) is 39.6. The van der Waals surface area contributed by atoms with Crippen LogP contribution >= 0.6 is 0 Å². The molecule has 0 saturated carbocycles. The van der Waals surface area contributed by atoms with Gasteiger partial charge in [0, 0.05) is 45.9 Å². The second-order valence-corrected chi connectivity index (χ2v) is 16.1. The second kappa shape index (κ2) is 18.4. The maximum absolute atomic E-state index is 14.4. The number of ether oxygens (including phenoxy) is 5. The summed E-state index contributed by atoms with van der Waals surface area (Å²) in [5.74, 6) is 0.702. The van der Waals surface area contributed by atoms with E-state index in [0.29, 0.717) is 45.9 Å². The van der Waals surface area contributed by atoms with Crippen LogP contribution in [0.5, 0.6) is 5.75 Å². The fraction of sp³-hybridized carbons (Fsp3) is 0.525. The van der Waals surface area contributed by atoms with E-state index in [1.54, 1.807) is 36.7 Å². The first-order valence-corrected chi connectivity index (χ1v) is 19.4. The van der Waals surface area contributed by atoms with E-state index in [1.807, 2.05) is 57.2 Å². The van der Waals surface area contributed by atoms with Crippen LogP contribution in [0.15, 0.2) is 76.6 Å². The molecule has 3 aromatic carbocycles. The number of carbonyl (C=O) groups excluding carboxylic acids is 1. The van der Waals surface area contributed by atoms with Crippen LogP contribution in [0, 0.1) is 6.92 Å². The molecule has 0 aliphatic carbocycles. The van der Waals surface area contributed by atoms with E-state index in [1.165, 1.54) is 0 Å². The van der Waals surface area contributed by atoms with Gasteiger partial charge < -0.3 is 28.6 Å². The Morgan fingerprint density at radius 1 is 0.942 bits per heavy atom. The summed E-state index contributed by atoms with van der Waals surface area (Å²) in [7, 11) is -0.578. The Bertz CT molecular complexity index is 1740. The lowest BCUT2D eigenvalue weighted by Crippen LogP contribution is -2.53. The average molecular weight is 736 g/mol. The maximum Gasteiger partial charge on any atom is 0.243 e. The Kier molecular flexibility index (Phi) is 14.0. The van der Waals surface area contributed by atoms with Gasteiger partial charge in [-0.05, 0) is 81.0 Å². The van der Waals surface area contributed by atoms with E-state index in [2.05, 4.69) is 28.1 Å². The quantitative estimate of drug-likeness (QED) is 0.0878. The molecule has 11 nitrogen and oxygen atoms in total. The summed E-state index contributed by atoms with van der Waals surface area (Å²) < 4.78 is 59.3. The van der Waals surface area contributed by atoms with Crippen LogP contribution in [0.2, 0.25) is 0 Å². The van der Waals surface area contributed by atoms with Crippen LogP contribution in [0.4, 0.5) is 5.69 Å². The number of hydrogen-bond acceptors (Lipinski definition) is 10. The largest absolute Gasteiger partial charge is 0.490 e. The SMILES string of the molecule is COCCCN1CCOc2ccc(CO[C@H]3CN(S(=O)(=O)c4ccc(C)cc4)[C@@H](CC(C)(C)N=C=O)C[C@@H]3c3ccc(COCCOC)cc3)cc21. The number of sulfonamides is 1. The van der Waals surface area contributed by atoms with Crippen molar-refractivity contribution in [3.8, 4) is 5.75 Å². The van der Waals surface area contributed by atoms with Gasteiger partial charge >= 0.3 is 0 Å². The van der Waals surface area contributed by atoms with E-state index in [9.17, 15) is 13.2 Å². The number of benzene rings is 3. The van der Waals surface area contributed by atoms with E-state index >= 15 is 0 Å². The van der Waals surface area contributed by atoms with Gasteiger partial charge in [0.25, 0.3) is 0 Å². The molecule has 52 heavy (non-hydrogen) atoms. The highest BCUT2D eigenvalue weighted by atomic mass is 32.2. The fourth-order valence-corrected chi connectivity index (χ4v) is 8.69. The molecule has 0 N–H and O–H groups in total. The Labute approximate surface area is 308 Å². The van der Waals surface area contributed by atoms with Crippen LogP contribution in [0.1, 0.15) is 61.3 Å². The zero-order valence-electron chi connectivity index (χ0n) is 31.1. The Morgan fingerprint density at radius 3 is 2.38 bits per heavy atom. The molecule has 2 heterocycles. The van der Waals surface area contributed by atoms with Gasteiger partial charge in [-0.1, -0.05) is 48.0 Å². The van der Waals surface area contributed by atoms with Crippen molar-refractivity contribution >= 4 is 21.8 Å². The lowest BCUT2D eigenvalue weighted by molar-refractivity contribution is -0.0227. The smallest absolute Gasteiger partial charge is 0.243 e. The standard InChI is InChI=1S/C40H53N3O8S/c1-30-7-14-35(15-8-30)52(45,46)43-26-39(51-28-32-11-16-38-37(23-32)42(18-20-50-38)17-6-19-47-4)36(24-34(43)25-40(2,3)41-29-44)33-12-9-31(10-13-33)27-49-22-21-48-5/h7-16,23,34,36,39H,6,17-22,24-28H2,1-5H3/t34-,36-,39+/m1/s1. The van der Waals surface area contributed by atoms with E-state index < -0.39 is 27.7 Å². The van der Waals surface area contributed by atoms with Gasteiger partial charge in [-0.25, -0.2) is 13.2 Å². The zero-order valence-corrected chi connectivity index (χ0v) is 31.9. The van der Waals surface area contributed by atoms with Crippen LogP contribution in [0.25, 0.3) is 0 Å². The first-order chi connectivity index (χ1) is 25.0. The third-order valence-electron chi connectivity index (χ3n) is 9.78. The maximum atomic E-state index is 14.4. The topological polar surface area (TPSA) is 116 Å². The van der Waals surface area contributed by atoms with Crippen molar-refractivity contribution in [3.05, 3.63) is 89.0 Å². The van der Waals surface area contributed by atoms with Crippen molar-refractivity contribution in [3.63, 3.8) is 0 Å². The van der Waals surface area contributed by atoms with Gasteiger partial charge in [-0.3, -0.25) is 0 Å². The molecule has 0 amide bonds. The highest BCUT2D eigenvalue weighted by molar-refractivity contribution is 7.89. The van der Waals surface area contributed by atoms with Crippen LogP contribution < -0.4 is 9.64 Å². The Morgan fingerprint density at radius 2 is 1.67 bits per heavy atom. The average Bonchev–Trinajstić information content (AvgIpc) is 3.13. The summed E-state index contributed by atoms with van der Waals surface area (Å²) in [6.45, 7) is 10.5. The van der Waals surface area contributed by atoms with Crippen LogP contribution in [0.3, 0.4) is 0 Å². The minimum atomic E-state index is -3.94. The molecular formula is C40H53N3O8S. The number of aryl methyl sites for hydroxylation is 1. The molecule has 0 unspecified atom stereocenters. The predicted molar refractivity (Wildman–Crippen MR) is 200 cm³/mol. The van der Waals surface area contributed by atoms with E-state index in [-0.39, 0.29) is 24.0 Å². The van der Waals surface area contributed by atoms with E-state index in [0.717, 1.165) is 53.2 Å². The van der Waals surface area contributed by atoms with Crippen molar-refractivity contribution in [2.45, 2.75) is 81.7 Å². The number of hydrogen-bond donors (Lipinski definition) is 0. The fourth-order valence-electron chi connectivity index (χ4n) is 7.04. The normalized spacial score (nSPS) is 19.5. The molecule has 3 atom stereocenters. The summed E-state index contributed by atoms with van der Waals surface area (Å²) >= 11 is 0. The molecular weight excluding hydrogens is 683 g/mol. The molecule has 1 saturated heterocycles. The van der Waals surface area contributed by atoms with Gasteiger partial charge in [0.15, 0.2) is 0 Å². The number of nitrogens with zero attached hydrogens (tertiary/aromatic N) is 3. The van der Waals surface area contributed by atoms with Crippen LogP contribution in [-0.2, 0) is 47.0 Å². The van der Waals surface area contributed by atoms with Gasteiger partial charge in [0.05, 0.1) is 55.2 Å². The van der Waals surface area contributed by atoms with Crippen molar-refractivity contribution in [2.24, 2.45) is 4.99 Å². The zero-order chi connectivity index (χ0) is 37.1. The summed E-state index contributed by atoms with van der Waals surface area (Å²) in [6.07, 6.45) is 2.94. The summed E-state index contributed by atoms with van der Waals surface area (Å²) in [4.78, 5) is 18.0. The molecule has 3 aromatic rings. The van der Waals surface area contributed by atoms with Crippen molar-refractivity contribution in [1.29, 1.82) is 0 Å². The minimum Gasteiger partial charge on any atom is -0.490 e. The number of isocyanates is 1. The number of rotatable bonds is 18. The van der Waals surface area contributed by atoms with Gasteiger partial charge in [0.1, 0.15) is 12.4 Å². The number of fused-ring (bicyclic) bond motifs is 1. The van der Waals surface area contributed by atoms with Crippen molar-refractivity contribution in [2.75, 3.05) is 65.2 Å². The van der Waals surface area contributed by atoms with Gasteiger partial charge in [-0.2, -0.15) is 9.30 Å². The van der Waals surface area contributed by atoms with Crippen molar-refractivity contribution < 1.29 is 36.9 Å². The second-order valence-electron chi connectivity index (χ2n) is 14.2. The molecule has 12 heteroatoms. The molecule has 1 fully saturated rings. The van der Waals surface area contributed by atoms with Crippen molar-refractivity contribution in [1.82, 2.24) is 4.31 Å². The molecule has 282 valence electrons. The molecule has 0 bridgehead atoms. The molecule has 0 radical (unpaired) electrons. The van der Waals surface area contributed by atoms with Gasteiger partial charge in [-0.15, -0.1) is 0 Å². The Balaban J connectivity index is 1.46. The highest BCUT2D eigenvalue weighted by Crippen LogP contribution is 2.41. The summed E-state index contributed by atoms with van der Waals surface area (Å²) in [6, 6.07) is 20.8. The summed E-state index contributed by atoms with van der Waals surface area (Å²) in [5.41, 5.74) is 4.21. The third-order valence-corrected chi connectivity index (χ3v) is 11.7. The third kappa shape index (κ3) is 10.3. The lowest BCUT2D eigenvalue weighted by atomic mass is 9.80. The number of aliphatic imine (C=N–C) groups is 1. The molecule has 5 rings (SSSR count). The van der Waals surface area contributed by atoms with Crippen LogP contribution in [-0.4, -0.2) is 96.8 Å². The highest BCUT2D eigenvalue weighted by Gasteiger charge is 2.44.